The van der Waals surface area contributed by atoms with E-state index in [4.69, 9.17) is 16.3 Å². The summed E-state index contributed by atoms with van der Waals surface area (Å²) < 4.78 is 18.5. The number of benzene rings is 1. The third-order valence-electron chi connectivity index (χ3n) is 4.74. The summed E-state index contributed by atoms with van der Waals surface area (Å²) in [4.78, 5) is 31.4. The van der Waals surface area contributed by atoms with Gasteiger partial charge in [0.25, 0.3) is 0 Å². The Bertz CT molecular complexity index is 995. The van der Waals surface area contributed by atoms with E-state index in [1.807, 2.05) is 0 Å². The monoisotopic (exact) mass is 400 g/mol. The number of carbonyl (C=O) groups excluding carboxylic acids is 2. The predicted molar refractivity (Wildman–Crippen MR) is 103 cm³/mol. The number of methoxy groups -OCH3 is 1. The molecule has 1 amide bonds. The zero-order chi connectivity index (χ0) is 20.4. The van der Waals surface area contributed by atoms with Gasteiger partial charge in [-0.3, -0.25) is 14.6 Å². The maximum absolute atomic E-state index is 13.1. The fourth-order valence-corrected chi connectivity index (χ4v) is 3.67. The number of halogens is 2. The SMILES string of the molecule is CC#Cc1cc(Cl)c(C2C(=O)C(Cc3ccc(F)cn3)N(C)C2=O)c(OC)c1. The summed E-state index contributed by atoms with van der Waals surface area (Å²) in [5.74, 6) is 3.80. The summed E-state index contributed by atoms with van der Waals surface area (Å²) in [6, 6.07) is 5.33. The molecule has 0 N–H and O–H groups in total. The van der Waals surface area contributed by atoms with Gasteiger partial charge in [-0.1, -0.05) is 17.5 Å². The number of rotatable bonds is 4. The fraction of sp³-hybridized carbons (Fsp3) is 0.286. The van der Waals surface area contributed by atoms with Crippen molar-refractivity contribution in [3.8, 4) is 17.6 Å². The third kappa shape index (κ3) is 3.58. The van der Waals surface area contributed by atoms with E-state index in [9.17, 15) is 14.0 Å². The molecule has 0 saturated carbocycles. The van der Waals surface area contributed by atoms with Gasteiger partial charge in [0.05, 0.1) is 19.3 Å². The van der Waals surface area contributed by atoms with Crippen molar-refractivity contribution in [1.82, 2.24) is 9.88 Å². The van der Waals surface area contributed by atoms with Crippen LogP contribution in [0.3, 0.4) is 0 Å². The van der Waals surface area contributed by atoms with Gasteiger partial charge in [0.1, 0.15) is 17.5 Å². The number of Topliss-reactive ketones (excluding diaryl/α,β-unsaturated/α-hetero) is 1. The standard InChI is InChI=1S/C21H18ClFN2O3/c1-4-5-12-8-15(22)18(17(9-12)28-3)19-20(26)16(25(2)21(19)27)10-14-7-6-13(23)11-24-14/h6-9,11,16,19H,10H2,1-3H3. The van der Waals surface area contributed by atoms with E-state index in [1.54, 1.807) is 26.1 Å². The minimum absolute atomic E-state index is 0.192. The van der Waals surface area contributed by atoms with Crippen LogP contribution in [0.15, 0.2) is 30.5 Å². The molecule has 2 heterocycles. The quantitative estimate of drug-likeness (QED) is 0.584. The van der Waals surface area contributed by atoms with Crippen LogP contribution >= 0.6 is 11.6 Å². The maximum atomic E-state index is 13.1. The van der Waals surface area contributed by atoms with E-state index in [-0.39, 0.29) is 23.1 Å². The van der Waals surface area contributed by atoms with E-state index >= 15 is 0 Å². The van der Waals surface area contributed by atoms with Crippen LogP contribution in [0.5, 0.6) is 5.75 Å². The molecule has 2 unspecified atom stereocenters. The van der Waals surface area contributed by atoms with Crippen LogP contribution in [-0.2, 0) is 16.0 Å². The molecule has 1 aromatic heterocycles. The second-order valence-corrected chi connectivity index (χ2v) is 6.83. The Hall–Kier alpha value is -2.91. The van der Waals surface area contributed by atoms with Gasteiger partial charge < -0.3 is 9.64 Å². The first-order valence-corrected chi connectivity index (χ1v) is 8.96. The van der Waals surface area contributed by atoms with Gasteiger partial charge in [0, 0.05) is 35.3 Å². The van der Waals surface area contributed by atoms with Crippen molar-refractivity contribution < 1.29 is 18.7 Å². The molecule has 1 aliphatic rings. The van der Waals surface area contributed by atoms with Crippen LogP contribution in [0.25, 0.3) is 0 Å². The maximum Gasteiger partial charge on any atom is 0.238 e. The lowest BCUT2D eigenvalue weighted by molar-refractivity contribution is -0.129. The summed E-state index contributed by atoms with van der Waals surface area (Å²) in [5.41, 5.74) is 1.49. The van der Waals surface area contributed by atoms with Gasteiger partial charge in [-0.05, 0) is 31.2 Å². The Morgan fingerprint density at radius 2 is 2.07 bits per heavy atom. The molecule has 1 saturated heterocycles. The highest BCUT2D eigenvalue weighted by atomic mass is 35.5. The molecule has 2 atom stereocenters. The van der Waals surface area contributed by atoms with Gasteiger partial charge in [-0.15, -0.1) is 5.92 Å². The Balaban J connectivity index is 1.98. The van der Waals surface area contributed by atoms with Gasteiger partial charge in [0.2, 0.25) is 5.91 Å². The molecule has 1 aliphatic heterocycles. The number of nitrogens with zero attached hydrogens (tertiary/aromatic N) is 2. The van der Waals surface area contributed by atoms with Crippen LogP contribution in [0, 0.1) is 17.7 Å². The summed E-state index contributed by atoms with van der Waals surface area (Å²) in [6.07, 6.45) is 1.28. The lowest BCUT2D eigenvalue weighted by atomic mass is 9.91. The van der Waals surface area contributed by atoms with Crippen molar-refractivity contribution in [2.45, 2.75) is 25.3 Å². The summed E-state index contributed by atoms with van der Waals surface area (Å²) in [7, 11) is 3.01. The lowest BCUT2D eigenvalue weighted by Crippen LogP contribution is -2.33. The molecule has 3 rings (SSSR count). The number of likely N-dealkylation sites (tertiary alicyclic amines) is 1. The Labute approximate surface area is 167 Å². The van der Waals surface area contributed by atoms with Gasteiger partial charge in [0.15, 0.2) is 5.78 Å². The smallest absolute Gasteiger partial charge is 0.238 e. The number of carbonyl (C=O) groups is 2. The first-order valence-electron chi connectivity index (χ1n) is 8.58. The van der Waals surface area contributed by atoms with E-state index < -0.39 is 17.8 Å². The van der Waals surface area contributed by atoms with Crippen molar-refractivity contribution in [1.29, 1.82) is 0 Å². The fourth-order valence-electron chi connectivity index (χ4n) is 3.35. The second-order valence-electron chi connectivity index (χ2n) is 6.42. The number of ether oxygens (including phenoxy) is 1. The second kappa shape index (κ2) is 7.99. The number of pyridine rings is 1. The van der Waals surface area contributed by atoms with Crippen molar-refractivity contribution in [2.75, 3.05) is 14.2 Å². The minimum Gasteiger partial charge on any atom is -0.496 e. The number of likely N-dealkylation sites (N-methyl/N-ethyl adjacent to an activating group) is 1. The van der Waals surface area contributed by atoms with Gasteiger partial charge in [-0.2, -0.15) is 0 Å². The highest BCUT2D eigenvalue weighted by Crippen LogP contribution is 2.40. The molecular formula is C21H18ClFN2O3. The highest BCUT2D eigenvalue weighted by Gasteiger charge is 2.48. The summed E-state index contributed by atoms with van der Waals surface area (Å²) >= 11 is 6.41. The Morgan fingerprint density at radius 1 is 1.32 bits per heavy atom. The average molecular weight is 401 g/mol. The molecular weight excluding hydrogens is 383 g/mol. The van der Waals surface area contributed by atoms with Crippen LogP contribution in [0.2, 0.25) is 5.02 Å². The number of ketones is 1. The van der Waals surface area contributed by atoms with Crippen LogP contribution in [0.4, 0.5) is 4.39 Å². The van der Waals surface area contributed by atoms with Crippen molar-refractivity contribution in [3.05, 3.63) is 58.1 Å². The summed E-state index contributed by atoms with van der Waals surface area (Å²) in [6.45, 7) is 1.70. The van der Waals surface area contributed by atoms with Crippen molar-refractivity contribution in [2.24, 2.45) is 0 Å². The predicted octanol–water partition coefficient (Wildman–Crippen LogP) is 2.99. The molecule has 0 aliphatic carbocycles. The van der Waals surface area contributed by atoms with Crippen molar-refractivity contribution in [3.63, 3.8) is 0 Å². The number of hydrogen-bond acceptors (Lipinski definition) is 4. The highest BCUT2D eigenvalue weighted by molar-refractivity contribution is 6.33. The molecule has 2 aromatic rings. The third-order valence-corrected chi connectivity index (χ3v) is 5.05. The largest absolute Gasteiger partial charge is 0.496 e. The van der Waals surface area contributed by atoms with Crippen LogP contribution in [0.1, 0.15) is 29.7 Å². The molecule has 144 valence electrons. The topological polar surface area (TPSA) is 59.5 Å². The van der Waals surface area contributed by atoms with Crippen LogP contribution < -0.4 is 4.74 Å². The van der Waals surface area contributed by atoms with E-state index in [0.29, 0.717) is 22.6 Å². The number of aromatic nitrogens is 1. The van der Waals surface area contributed by atoms with Crippen molar-refractivity contribution >= 4 is 23.3 Å². The average Bonchev–Trinajstić information content (AvgIpc) is 2.87. The molecule has 0 radical (unpaired) electrons. The molecule has 28 heavy (non-hydrogen) atoms. The molecule has 5 nitrogen and oxygen atoms in total. The zero-order valence-corrected chi connectivity index (χ0v) is 16.4. The van der Waals surface area contributed by atoms with Gasteiger partial charge in [-0.25, -0.2) is 4.39 Å². The van der Waals surface area contributed by atoms with Gasteiger partial charge >= 0.3 is 0 Å². The lowest BCUT2D eigenvalue weighted by Gasteiger charge is -2.17. The van der Waals surface area contributed by atoms with Crippen LogP contribution in [-0.4, -0.2) is 41.8 Å². The van der Waals surface area contributed by atoms with E-state index in [0.717, 1.165) is 6.20 Å². The molecule has 1 aromatic carbocycles. The number of hydrogen-bond donors (Lipinski definition) is 0. The Morgan fingerprint density at radius 3 is 2.68 bits per heavy atom. The first-order chi connectivity index (χ1) is 13.4. The van der Waals surface area contributed by atoms with E-state index in [2.05, 4.69) is 16.8 Å². The minimum atomic E-state index is -1.07. The normalized spacial score (nSPS) is 18.8. The zero-order valence-electron chi connectivity index (χ0n) is 15.6. The Kier molecular flexibility index (Phi) is 5.66. The molecule has 7 heteroatoms. The molecule has 0 spiro atoms. The first kappa shape index (κ1) is 19.8. The van der Waals surface area contributed by atoms with E-state index in [1.165, 1.54) is 24.1 Å². The summed E-state index contributed by atoms with van der Waals surface area (Å²) in [5, 5.41) is 0.248. The molecule has 0 bridgehead atoms. The molecule has 1 fully saturated rings. The number of amides is 1.